The molecule has 2 nitrogen and oxygen atoms in total. The van der Waals surface area contributed by atoms with Crippen molar-refractivity contribution < 1.29 is 0 Å². The fourth-order valence-electron chi connectivity index (χ4n) is 1.68. The van der Waals surface area contributed by atoms with Gasteiger partial charge in [0.05, 0.1) is 11.2 Å². The number of aryl methyl sites for hydroxylation is 2. The molecule has 0 aliphatic rings. The molecule has 1 aromatic heterocycles. The monoisotopic (exact) mass is 234 g/mol. The summed E-state index contributed by atoms with van der Waals surface area (Å²) in [6.45, 7) is 13.2. The predicted octanol–water partition coefficient (Wildman–Crippen LogP) is 4.81. The van der Waals surface area contributed by atoms with Crippen LogP contribution in [0.1, 0.15) is 46.7 Å². The van der Waals surface area contributed by atoms with Crippen molar-refractivity contribution >= 4 is 10.9 Å². The summed E-state index contributed by atoms with van der Waals surface area (Å²) in [5.41, 5.74) is 2.38. The van der Waals surface area contributed by atoms with Gasteiger partial charge in [-0.3, -0.25) is 4.68 Å². The van der Waals surface area contributed by atoms with Crippen molar-refractivity contribution in [3.05, 3.63) is 30.0 Å². The number of hydrogen-bond donors (Lipinski definition) is 0. The SMILES string of the molecule is CC.CC.CCCn1nc(C)c2ccccc21. The summed E-state index contributed by atoms with van der Waals surface area (Å²) >= 11 is 0. The van der Waals surface area contributed by atoms with Crippen molar-refractivity contribution in [2.45, 2.75) is 54.5 Å². The maximum atomic E-state index is 4.50. The lowest BCUT2D eigenvalue weighted by Crippen LogP contribution is -1.98. The summed E-state index contributed by atoms with van der Waals surface area (Å²) in [5.74, 6) is 0. The topological polar surface area (TPSA) is 17.8 Å². The van der Waals surface area contributed by atoms with Gasteiger partial charge in [0.1, 0.15) is 0 Å². The Morgan fingerprint density at radius 1 is 1.06 bits per heavy atom. The van der Waals surface area contributed by atoms with Gasteiger partial charge in [-0.25, -0.2) is 0 Å². The van der Waals surface area contributed by atoms with Gasteiger partial charge in [-0.05, 0) is 19.4 Å². The summed E-state index contributed by atoms with van der Waals surface area (Å²) in [6.07, 6.45) is 1.13. The van der Waals surface area contributed by atoms with Gasteiger partial charge in [-0.2, -0.15) is 5.10 Å². The smallest absolute Gasteiger partial charge is 0.0685 e. The second kappa shape index (κ2) is 8.80. The second-order valence-corrected chi connectivity index (χ2v) is 3.33. The van der Waals surface area contributed by atoms with E-state index in [2.05, 4.69) is 47.9 Å². The van der Waals surface area contributed by atoms with Gasteiger partial charge in [0.25, 0.3) is 0 Å². The molecule has 96 valence electrons. The van der Waals surface area contributed by atoms with Crippen LogP contribution in [0.2, 0.25) is 0 Å². The Bertz CT molecular complexity index is 416. The lowest BCUT2D eigenvalue weighted by molar-refractivity contribution is 0.617. The van der Waals surface area contributed by atoms with Crippen molar-refractivity contribution in [1.29, 1.82) is 0 Å². The molecule has 1 heterocycles. The number of para-hydroxylation sites is 1. The van der Waals surface area contributed by atoms with E-state index in [0.29, 0.717) is 0 Å². The quantitative estimate of drug-likeness (QED) is 0.729. The van der Waals surface area contributed by atoms with Gasteiger partial charge >= 0.3 is 0 Å². The first-order chi connectivity index (χ1) is 8.33. The molecule has 1 aromatic carbocycles. The van der Waals surface area contributed by atoms with Crippen molar-refractivity contribution in [1.82, 2.24) is 9.78 Å². The van der Waals surface area contributed by atoms with Crippen LogP contribution >= 0.6 is 0 Å². The van der Waals surface area contributed by atoms with E-state index in [-0.39, 0.29) is 0 Å². The molecular weight excluding hydrogens is 208 g/mol. The largest absolute Gasteiger partial charge is 0.265 e. The standard InChI is InChI=1S/C11H14N2.2C2H6/c1-3-8-13-11-7-5-4-6-10(11)9(2)12-13;2*1-2/h4-7H,3,8H2,1-2H3;2*1-2H3. The second-order valence-electron chi connectivity index (χ2n) is 3.33. The highest BCUT2D eigenvalue weighted by atomic mass is 15.3. The number of fused-ring (bicyclic) bond motifs is 1. The Hall–Kier alpha value is -1.31. The Morgan fingerprint density at radius 3 is 2.24 bits per heavy atom. The zero-order chi connectivity index (χ0) is 13.3. The number of aromatic nitrogens is 2. The molecular formula is C15H26N2. The molecule has 0 saturated carbocycles. The Morgan fingerprint density at radius 2 is 1.65 bits per heavy atom. The minimum Gasteiger partial charge on any atom is -0.265 e. The zero-order valence-electron chi connectivity index (χ0n) is 12.1. The number of nitrogens with zero attached hydrogens (tertiary/aromatic N) is 2. The molecule has 2 heteroatoms. The van der Waals surface area contributed by atoms with Gasteiger partial charge in [-0.15, -0.1) is 0 Å². The van der Waals surface area contributed by atoms with Crippen molar-refractivity contribution in [3.63, 3.8) is 0 Å². The maximum absolute atomic E-state index is 4.50. The number of hydrogen-bond acceptors (Lipinski definition) is 1. The summed E-state index contributed by atoms with van der Waals surface area (Å²) in [6, 6.07) is 8.39. The number of benzene rings is 1. The lowest BCUT2D eigenvalue weighted by atomic mass is 10.2. The molecule has 0 fully saturated rings. The van der Waals surface area contributed by atoms with Gasteiger partial charge < -0.3 is 0 Å². The summed E-state index contributed by atoms with van der Waals surface area (Å²) in [7, 11) is 0. The normalized spacial score (nSPS) is 9.06. The third kappa shape index (κ3) is 3.88. The molecule has 0 aliphatic carbocycles. The first-order valence-electron chi connectivity index (χ1n) is 6.75. The highest BCUT2D eigenvalue weighted by Gasteiger charge is 2.04. The first-order valence-corrected chi connectivity index (χ1v) is 6.75. The van der Waals surface area contributed by atoms with Crippen molar-refractivity contribution in [2.24, 2.45) is 0 Å². The fraction of sp³-hybridized carbons (Fsp3) is 0.533. The van der Waals surface area contributed by atoms with E-state index in [1.807, 2.05) is 27.7 Å². The predicted molar refractivity (Wildman–Crippen MR) is 77.5 cm³/mol. The average molecular weight is 234 g/mol. The lowest BCUT2D eigenvalue weighted by Gasteiger charge is -1.98. The van der Waals surface area contributed by atoms with Crippen LogP contribution in [0, 0.1) is 6.92 Å². The Labute approximate surface area is 106 Å². The summed E-state index contributed by atoms with van der Waals surface area (Å²) in [5, 5.41) is 5.77. The van der Waals surface area contributed by atoms with Crippen molar-refractivity contribution in [3.8, 4) is 0 Å². The molecule has 0 saturated heterocycles. The van der Waals surface area contributed by atoms with Crippen LogP contribution in [-0.2, 0) is 6.54 Å². The van der Waals surface area contributed by atoms with E-state index >= 15 is 0 Å². The van der Waals surface area contributed by atoms with Crippen LogP contribution in [0.25, 0.3) is 10.9 Å². The summed E-state index contributed by atoms with van der Waals surface area (Å²) < 4.78 is 2.09. The molecule has 0 unspecified atom stereocenters. The van der Waals surface area contributed by atoms with Crippen LogP contribution in [0.5, 0.6) is 0 Å². The van der Waals surface area contributed by atoms with Gasteiger partial charge in [0, 0.05) is 11.9 Å². The van der Waals surface area contributed by atoms with E-state index in [4.69, 9.17) is 0 Å². The molecule has 0 aliphatic heterocycles. The molecule has 2 rings (SSSR count). The molecule has 0 amide bonds. The zero-order valence-corrected chi connectivity index (χ0v) is 12.1. The van der Waals surface area contributed by atoms with E-state index in [1.54, 1.807) is 0 Å². The van der Waals surface area contributed by atoms with E-state index in [0.717, 1.165) is 18.7 Å². The molecule has 0 radical (unpaired) electrons. The molecule has 0 spiro atoms. The molecule has 0 bridgehead atoms. The molecule has 2 aromatic rings. The minimum absolute atomic E-state index is 1.01. The van der Waals surface area contributed by atoms with Crippen molar-refractivity contribution in [2.75, 3.05) is 0 Å². The van der Waals surface area contributed by atoms with Crippen LogP contribution in [-0.4, -0.2) is 9.78 Å². The Balaban J connectivity index is 0.000000581. The third-order valence-corrected chi connectivity index (χ3v) is 2.28. The van der Waals surface area contributed by atoms with Crippen LogP contribution < -0.4 is 0 Å². The molecule has 17 heavy (non-hydrogen) atoms. The van der Waals surface area contributed by atoms with E-state index in [1.165, 1.54) is 10.9 Å². The number of rotatable bonds is 2. The van der Waals surface area contributed by atoms with Crippen LogP contribution in [0.15, 0.2) is 24.3 Å². The maximum Gasteiger partial charge on any atom is 0.0685 e. The van der Waals surface area contributed by atoms with Crippen LogP contribution in [0.3, 0.4) is 0 Å². The van der Waals surface area contributed by atoms with Gasteiger partial charge in [0.2, 0.25) is 0 Å². The van der Waals surface area contributed by atoms with E-state index < -0.39 is 0 Å². The van der Waals surface area contributed by atoms with E-state index in [9.17, 15) is 0 Å². The van der Waals surface area contributed by atoms with Gasteiger partial charge in [0.15, 0.2) is 0 Å². The molecule has 0 atom stereocenters. The highest BCUT2D eigenvalue weighted by molar-refractivity contribution is 5.81. The summed E-state index contributed by atoms with van der Waals surface area (Å²) in [4.78, 5) is 0. The average Bonchev–Trinajstić information content (AvgIpc) is 2.73. The molecule has 0 N–H and O–H groups in total. The fourth-order valence-corrected chi connectivity index (χ4v) is 1.68. The van der Waals surface area contributed by atoms with Gasteiger partial charge in [-0.1, -0.05) is 52.8 Å². The van der Waals surface area contributed by atoms with Crippen LogP contribution in [0.4, 0.5) is 0 Å². The first kappa shape index (κ1) is 15.7. The highest BCUT2D eigenvalue weighted by Crippen LogP contribution is 2.17. The minimum atomic E-state index is 1.01. The Kier molecular flexibility index (Phi) is 8.12. The third-order valence-electron chi connectivity index (χ3n) is 2.28.